The Hall–Kier alpha value is 0.958. The molecule has 0 amide bonds. The summed E-state index contributed by atoms with van der Waals surface area (Å²) < 4.78 is 0. The molecule has 0 aromatic heterocycles. The van der Waals surface area contributed by atoms with Crippen molar-refractivity contribution in [2.75, 3.05) is 0 Å². The van der Waals surface area contributed by atoms with Gasteiger partial charge < -0.3 is 32.9 Å². The predicted molar refractivity (Wildman–Crippen MR) is 5.75 cm³/mol. The molecule has 0 aliphatic rings. The zero-order valence-corrected chi connectivity index (χ0v) is 8.73. The van der Waals surface area contributed by atoms with Crippen LogP contribution in [-0.2, 0) is 20.1 Å². The molecule has 0 rings (SSSR count). The van der Waals surface area contributed by atoms with E-state index in [1.54, 1.807) is 0 Å². The van der Waals surface area contributed by atoms with Gasteiger partial charge in [-0.1, -0.05) is 0 Å². The van der Waals surface area contributed by atoms with Crippen LogP contribution in [0, 0.1) is 0 Å². The molecule has 9 heteroatoms. The molecule has 0 aromatic rings. The van der Waals surface area contributed by atoms with Crippen molar-refractivity contribution >= 4 is 23.9 Å². The van der Waals surface area contributed by atoms with Gasteiger partial charge >= 0.3 is 44.0 Å². The summed E-state index contributed by atoms with van der Waals surface area (Å²) in [7, 11) is 0. The van der Waals surface area contributed by atoms with E-state index in [0.717, 1.165) is 0 Å². The van der Waals surface area contributed by atoms with Crippen LogP contribution in [0.2, 0.25) is 0 Å². The van der Waals surface area contributed by atoms with Crippen LogP contribution in [0.5, 0.6) is 0 Å². The van der Waals surface area contributed by atoms with Crippen LogP contribution >= 0.6 is 0 Å². The fourth-order valence-corrected chi connectivity index (χ4v) is 0. The van der Waals surface area contributed by atoms with Crippen molar-refractivity contribution in [2.45, 2.75) is 0 Å². The average molecular weight is 444 g/mol. The van der Waals surface area contributed by atoms with Crippen molar-refractivity contribution in [2.24, 2.45) is 0 Å². The van der Waals surface area contributed by atoms with Gasteiger partial charge in [-0.25, -0.2) is 0 Å². The number of hydrogen-bond acceptors (Lipinski definition) is 0. The molecule has 62 valence electrons. The van der Waals surface area contributed by atoms with Gasteiger partial charge in [-0.3, -0.25) is 0 Å². The minimum atomic E-state index is 0. The maximum absolute atomic E-state index is 0. The van der Waals surface area contributed by atoms with Gasteiger partial charge in [0.15, 0.2) is 0 Å². The summed E-state index contributed by atoms with van der Waals surface area (Å²) in [5, 5.41) is 0. The summed E-state index contributed by atoms with van der Waals surface area (Å²) in [5.74, 6) is 0. The molecule has 0 spiro atoms. The Morgan fingerprint density at radius 1 is 0.333 bits per heavy atom. The molecule has 0 saturated heterocycles. The molecule has 0 aliphatic heterocycles. The van der Waals surface area contributed by atoms with Crippen LogP contribution in [0.15, 0.2) is 0 Å². The average Bonchev–Trinajstić information content (AvgIpc) is 0. The van der Waals surface area contributed by atoms with Gasteiger partial charge in [0.05, 0.1) is 0 Å². The summed E-state index contributed by atoms with van der Waals surface area (Å²) in [5.41, 5.74) is 0. The minimum Gasteiger partial charge on any atom is -1.00 e. The first-order valence-corrected chi connectivity index (χ1v) is 0. The molecule has 0 fully saturated rings. The Morgan fingerprint density at radius 2 is 0.333 bits per heavy atom. The Morgan fingerprint density at radius 3 is 0.333 bits per heavy atom. The summed E-state index contributed by atoms with van der Waals surface area (Å²) in [6.07, 6.45) is 0. The summed E-state index contributed by atoms with van der Waals surface area (Å²) in [6, 6.07) is 0. The van der Waals surface area contributed by atoms with Crippen LogP contribution in [0.25, 0.3) is 0 Å². The van der Waals surface area contributed by atoms with Gasteiger partial charge in [0.2, 0.25) is 0 Å². The first-order valence-electron chi connectivity index (χ1n) is 0. The third-order valence-electron chi connectivity index (χ3n) is 0. The fraction of sp³-hybridized carbons (Fsp3) is 0. The van der Waals surface area contributed by atoms with Crippen LogP contribution in [0.4, 0.5) is 0 Å². The molecule has 0 heterocycles. The zero-order valence-electron chi connectivity index (χ0n) is 3.48. The van der Waals surface area contributed by atoms with Crippen molar-refractivity contribution in [1.29, 1.82) is 0 Å². The molecule has 0 nitrogen and oxygen atoms in total. The first-order chi connectivity index (χ1) is 0. The number of halogens is 7. The molecule has 0 saturated carbocycles. The number of rotatable bonds is 0. The first kappa shape index (κ1) is 871. The van der Waals surface area contributed by atoms with Gasteiger partial charge in [-0.2, -0.15) is 0 Å². The molecule has 0 radical (unpaired) electrons. The van der Waals surface area contributed by atoms with E-state index in [9.17, 15) is 0 Å². The molecule has 0 N–H and O–H groups in total. The van der Waals surface area contributed by atoms with Crippen LogP contribution < -0.4 is 32.9 Å². The predicted octanol–water partition coefficient (Wildman–Crippen LogP) is -21.4. The maximum Gasteiger partial charge on any atom is 4.00 e. The van der Waals surface area contributed by atoms with E-state index in [-0.39, 0.29) is 76.9 Å². The monoisotopic (exact) mass is 446 g/mol. The molecule has 0 aliphatic carbocycles. The zero-order chi connectivity index (χ0) is 0. The second-order valence-corrected chi connectivity index (χ2v) is 0. The van der Waals surface area contributed by atoms with E-state index in [2.05, 4.69) is 0 Å². The third kappa shape index (κ3) is 473. The third-order valence-corrected chi connectivity index (χ3v) is 0. The van der Waals surface area contributed by atoms with Gasteiger partial charge in [0.1, 0.15) is 0 Å². The van der Waals surface area contributed by atoms with E-state index in [1.807, 2.05) is 0 Å². The van der Waals surface area contributed by atoms with Crippen molar-refractivity contribution < 1.29 is 53.0 Å². The molecular weight excluding hydrogens is 444 g/mol. The SMILES string of the molecule is [F-].[F-].[F-].[F-].[F-].[F-].[F-].[Ir+3].[Sn+4]. The largest absolute Gasteiger partial charge is 4.00 e. The molecule has 0 atom stereocenters. The smallest absolute Gasteiger partial charge is 1.00 e. The molecular formula is F7IrSn. The second kappa shape index (κ2) is 618. The van der Waals surface area contributed by atoms with Gasteiger partial charge in [-0.05, 0) is 0 Å². The van der Waals surface area contributed by atoms with Gasteiger partial charge in [0.25, 0.3) is 0 Å². The van der Waals surface area contributed by atoms with E-state index >= 15 is 0 Å². The minimum absolute atomic E-state index is 0. The Balaban J connectivity index is 0. The molecule has 0 unspecified atom stereocenters. The Labute approximate surface area is 77.0 Å². The van der Waals surface area contributed by atoms with Crippen molar-refractivity contribution in [3.05, 3.63) is 0 Å². The van der Waals surface area contributed by atoms with Gasteiger partial charge in [0, 0.05) is 0 Å². The summed E-state index contributed by atoms with van der Waals surface area (Å²) in [4.78, 5) is 0. The van der Waals surface area contributed by atoms with Crippen LogP contribution in [0.1, 0.15) is 0 Å². The van der Waals surface area contributed by atoms with Crippen molar-refractivity contribution in [1.82, 2.24) is 0 Å². The van der Waals surface area contributed by atoms with E-state index in [1.165, 1.54) is 0 Å². The van der Waals surface area contributed by atoms with Crippen LogP contribution in [0.3, 0.4) is 0 Å². The Kier molecular flexibility index (Phi) is 59800. The van der Waals surface area contributed by atoms with Crippen LogP contribution in [-0.4, -0.2) is 23.9 Å². The maximum atomic E-state index is 0. The molecule has 0 bridgehead atoms. The summed E-state index contributed by atoms with van der Waals surface area (Å²) in [6.45, 7) is 0. The quantitative estimate of drug-likeness (QED) is 0.258. The van der Waals surface area contributed by atoms with Crippen molar-refractivity contribution in [3.63, 3.8) is 0 Å². The normalized spacial score (nSPS) is 0. The molecule has 0 aromatic carbocycles. The van der Waals surface area contributed by atoms with Gasteiger partial charge in [-0.15, -0.1) is 0 Å². The topological polar surface area (TPSA) is 0 Å². The van der Waals surface area contributed by atoms with E-state index in [4.69, 9.17) is 0 Å². The fourth-order valence-electron chi connectivity index (χ4n) is 0. The second-order valence-electron chi connectivity index (χ2n) is 0. The molecule has 9 heavy (non-hydrogen) atoms. The Bertz CT molecular complexity index is 8.88. The van der Waals surface area contributed by atoms with E-state index < -0.39 is 0 Å². The number of hydrogen-bond donors (Lipinski definition) is 0. The standard InChI is InChI=1S/7FH.Ir.Sn/h7*1H;;/q;;;;;;;+3;+4/p-7. The summed E-state index contributed by atoms with van der Waals surface area (Å²) >= 11 is 0. The van der Waals surface area contributed by atoms with Crippen molar-refractivity contribution in [3.8, 4) is 0 Å². The van der Waals surface area contributed by atoms with E-state index in [0.29, 0.717) is 0 Å².